The summed E-state index contributed by atoms with van der Waals surface area (Å²) in [6.07, 6.45) is 2.35. The first-order valence-electron chi connectivity index (χ1n) is 7.53. The van der Waals surface area contributed by atoms with Gasteiger partial charge in [0.05, 0.1) is 37.2 Å². The van der Waals surface area contributed by atoms with Crippen LogP contribution in [0.3, 0.4) is 0 Å². The van der Waals surface area contributed by atoms with E-state index in [2.05, 4.69) is 15.6 Å². The molecule has 2 aliphatic heterocycles. The maximum atomic E-state index is 13.2. The van der Waals surface area contributed by atoms with Crippen LogP contribution in [0.15, 0.2) is 30.5 Å². The quantitative estimate of drug-likeness (QED) is 0.870. The van der Waals surface area contributed by atoms with Gasteiger partial charge in [-0.25, -0.2) is 13.9 Å². The standard InChI is InChI=1S/C15H16FN5O2/c16-10-2-1-3-11(6-10)18-15(22)20-5-4-13-14(8-20)23-9-12-7-17-19-21(12)13/h1-3,6-7,13-14H,4-5,8-9H2,(H,18,22)/t13-,14-/m0/s1. The minimum Gasteiger partial charge on any atom is -0.368 e. The van der Waals surface area contributed by atoms with E-state index in [-0.39, 0.29) is 24.0 Å². The second kappa shape index (κ2) is 5.62. The molecule has 0 spiro atoms. The topological polar surface area (TPSA) is 72.3 Å². The van der Waals surface area contributed by atoms with Gasteiger partial charge in [-0.3, -0.25) is 0 Å². The lowest BCUT2D eigenvalue weighted by Crippen LogP contribution is -2.51. The number of fused-ring (bicyclic) bond motifs is 3. The molecule has 3 heterocycles. The van der Waals surface area contributed by atoms with Crippen molar-refractivity contribution in [2.24, 2.45) is 0 Å². The highest BCUT2D eigenvalue weighted by molar-refractivity contribution is 5.89. The van der Waals surface area contributed by atoms with E-state index in [1.54, 1.807) is 23.2 Å². The Balaban J connectivity index is 1.43. The van der Waals surface area contributed by atoms with Crippen molar-refractivity contribution < 1.29 is 13.9 Å². The number of nitrogens with one attached hydrogen (secondary N) is 1. The number of aromatic nitrogens is 3. The number of benzene rings is 1. The number of rotatable bonds is 1. The maximum absolute atomic E-state index is 13.2. The molecule has 8 heteroatoms. The zero-order valence-corrected chi connectivity index (χ0v) is 12.4. The van der Waals surface area contributed by atoms with Gasteiger partial charge in [0, 0.05) is 12.2 Å². The van der Waals surface area contributed by atoms with E-state index in [1.807, 2.05) is 4.68 Å². The molecule has 1 saturated heterocycles. The van der Waals surface area contributed by atoms with E-state index in [0.717, 1.165) is 12.1 Å². The first kappa shape index (κ1) is 14.1. The number of urea groups is 1. The van der Waals surface area contributed by atoms with Gasteiger partial charge in [-0.2, -0.15) is 0 Å². The Hall–Kier alpha value is -2.48. The van der Waals surface area contributed by atoms with Crippen LogP contribution in [-0.4, -0.2) is 45.1 Å². The lowest BCUT2D eigenvalue weighted by atomic mass is 10.0. The van der Waals surface area contributed by atoms with Gasteiger partial charge in [0.15, 0.2) is 0 Å². The third-order valence-corrected chi connectivity index (χ3v) is 4.30. The fourth-order valence-corrected chi connectivity index (χ4v) is 3.14. The molecule has 0 radical (unpaired) electrons. The van der Waals surface area contributed by atoms with Crippen molar-refractivity contribution >= 4 is 11.7 Å². The molecule has 2 atom stereocenters. The van der Waals surface area contributed by atoms with Crippen molar-refractivity contribution in [1.29, 1.82) is 0 Å². The normalized spacial score (nSPS) is 23.1. The van der Waals surface area contributed by atoms with Crippen LogP contribution in [0, 0.1) is 5.82 Å². The summed E-state index contributed by atoms with van der Waals surface area (Å²) in [6, 6.07) is 5.72. The van der Waals surface area contributed by atoms with Gasteiger partial charge in [-0.05, 0) is 24.6 Å². The molecule has 0 unspecified atom stereocenters. The van der Waals surface area contributed by atoms with Crippen LogP contribution in [0.2, 0.25) is 0 Å². The number of hydrogen-bond acceptors (Lipinski definition) is 4. The summed E-state index contributed by atoms with van der Waals surface area (Å²) in [5.74, 6) is -0.379. The lowest BCUT2D eigenvalue weighted by Gasteiger charge is -2.40. The molecule has 0 saturated carbocycles. The van der Waals surface area contributed by atoms with Gasteiger partial charge >= 0.3 is 6.03 Å². The van der Waals surface area contributed by atoms with E-state index < -0.39 is 0 Å². The summed E-state index contributed by atoms with van der Waals surface area (Å²) in [5, 5.41) is 10.8. The van der Waals surface area contributed by atoms with Gasteiger partial charge in [0.25, 0.3) is 0 Å². The number of nitrogens with zero attached hydrogens (tertiary/aromatic N) is 4. The third kappa shape index (κ3) is 2.65. The van der Waals surface area contributed by atoms with E-state index in [9.17, 15) is 9.18 Å². The van der Waals surface area contributed by atoms with Gasteiger partial charge in [-0.15, -0.1) is 5.10 Å². The summed E-state index contributed by atoms with van der Waals surface area (Å²) < 4.78 is 20.9. The fraction of sp³-hybridized carbons (Fsp3) is 0.400. The van der Waals surface area contributed by atoms with Crippen molar-refractivity contribution in [3.63, 3.8) is 0 Å². The summed E-state index contributed by atoms with van der Waals surface area (Å²) in [7, 11) is 0. The minimum atomic E-state index is -0.379. The SMILES string of the molecule is O=C(Nc1cccc(F)c1)N1CC[C@H]2[C@H](C1)OCc1cnnn12. The number of hydrogen-bond donors (Lipinski definition) is 1. The van der Waals surface area contributed by atoms with Gasteiger partial charge in [-0.1, -0.05) is 11.3 Å². The molecule has 2 aliphatic rings. The minimum absolute atomic E-state index is 0.101. The number of carbonyl (C=O) groups is 1. The van der Waals surface area contributed by atoms with Crippen LogP contribution in [0.25, 0.3) is 0 Å². The Morgan fingerprint density at radius 1 is 1.43 bits per heavy atom. The summed E-state index contributed by atoms with van der Waals surface area (Å²) in [5.41, 5.74) is 1.41. The van der Waals surface area contributed by atoms with Crippen molar-refractivity contribution in [2.45, 2.75) is 25.2 Å². The first-order chi connectivity index (χ1) is 11.2. The second-order valence-corrected chi connectivity index (χ2v) is 5.76. The molecular weight excluding hydrogens is 301 g/mol. The molecule has 1 aromatic heterocycles. The van der Waals surface area contributed by atoms with Gasteiger partial charge in [0.1, 0.15) is 5.82 Å². The number of amides is 2. The second-order valence-electron chi connectivity index (χ2n) is 5.76. The van der Waals surface area contributed by atoms with Gasteiger partial charge < -0.3 is 15.0 Å². The van der Waals surface area contributed by atoms with E-state index in [1.165, 1.54) is 12.1 Å². The fourth-order valence-electron chi connectivity index (χ4n) is 3.14. The average Bonchev–Trinajstić information content (AvgIpc) is 3.03. The largest absolute Gasteiger partial charge is 0.368 e. The Labute approximate surface area is 132 Å². The highest BCUT2D eigenvalue weighted by atomic mass is 19.1. The zero-order valence-electron chi connectivity index (χ0n) is 12.4. The Morgan fingerprint density at radius 2 is 2.35 bits per heavy atom. The van der Waals surface area contributed by atoms with Crippen LogP contribution in [0.1, 0.15) is 18.2 Å². The molecule has 0 bridgehead atoms. The van der Waals surface area contributed by atoms with Crippen molar-refractivity contribution in [3.8, 4) is 0 Å². The maximum Gasteiger partial charge on any atom is 0.321 e. The van der Waals surface area contributed by atoms with Crippen molar-refractivity contribution in [3.05, 3.63) is 42.0 Å². The van der Waals surface area contributed by atoms with E-state index in [4.69, 9.17) is 4.74 Å². The number of carbonyl (C=O) groups excluding carboxylic acids is 1. The number of anilines is 1. The highest BCUT2D eigenvalue weighted by Gasteiger charge is 2.37. The van der Waals surface area contributed by atoms with Crippen LogP contribution in [0.4, 0.5) is 14.9 Å². The van der Waals surface area contributed by atoms with E-state index >= 15 is 0 Å². The lowest BCUT2D eigenvalue weighted by molar-refractivity contribution is -0.0595. The smallest absolute Gasteiger partial charge is 0.321 e. The Kier molecular flexibility index (Phi) is 3.45. The van der Waals surface area contributed by atoms with Crippen LogP contribution in [-0.2, 0) is 11.3 Å². The summed E-state index contributed by atoms with van der Waals surface area (Å²) in [6.45, 7) is 1.52. The number of ether oxygens (including phenoxy) is 1. The predicted molar refractivity (Wildman–Crippen MR) is 79.2 cm³/mol. The molecular formula is C15H16FN5O2. The molecule has 1 aromatic carbocycles. The van der Waals surface area contributed by atoms with Crippen LogP contribution < -0.4 is 5.32 Å². The molecule has 2 amide bonds. The zero-order chi connectivity index (χ0) is 15.8. The highest BCUT2D eigenvalue weighted by Crippen LogP contribution is 2.30. The number of halogens is 1. The molecule has 4 rings (SSSR count). The van der Waals surface area contributed by atoms with E-state index in [0.29, 0.717) is 25.4 Å². The monoisotopic (exact) mass is 317 g/mol. The summed E-state index contributed by atoms with van der Waals surface area (Å²) >= 11 is 0. The van der Waals surface area contributed by atoms with Crippen molar-refractivity contribution in [2.75, 3.05) is 18.4 Å². The van der Waals surface area contributed by atoms with Crippen LogP contribution in [0.5, 0.6) is 0 Å². The summed E-state index contributed by atoms with van der Waals surface area (Å²) in [4.78, 5) is 14.0. The van der Waals surface area contributed by atoms with Gasteiger partial charge in [0.2, 0.25) is 0 Å². The third-order valence-electron chi connectivity index (χ3n) is 4.30. The number of likely N-dealkylation sites (tertiary alicyclic amines) is 1. The molecule has 7 nitrogen and oxygen atoms in total. The van der Waals surface area contributed by atoms with Crippen LogP contribution >= 0.6 is 0 Å². The molecule has 1 N–H and O–H groups in total. The van der Waals surface area contributed by atoms with Crippen molar-refractivity contribution in [1.82, 2.24) is 19.9 Å². The Bertz CT molecular complexity index is 734. The molecule has 2 aromatic rings. The number of piperidine rings is 1. The molecule has 23 heavy (non-hydrogen) atoms. The Morgan fingerprint density at radius 3 is 3.22 bits per heavy atom. The molecule has 1 fully saturated rings. The first-order valence-corrected chi connectivity index (χ1v) is 7.53. The molecule has 0 aliphatic carbocycles. The predicted octanol–water partition coefficient (Wildman–Crippen LogP) is 1.79. The average molecular weight is 317 g/mol. The molecule has 120 valence electrons.